The number of hydrogen-bond donors (Lipinski definition) is 1. The lowest BCUT2D eigenvalue weighted by Gasteiger charge is -2.36. The van der Waals surface area contributed by atoms with Gasteiger partial charge < -0.3 is 10.5 Å². The molecule has 1 heterocycles. The normalized spacial score (nSPS) is 19.3. The van der Waals surface area contributed by atoms with Crippen LogP contribution in [-0.2, 0) is 10.2 Å². The van der Waals surface area contributed by atoms with Gasteiger partial charge in [0.25, 0.3) is 0 Å². The van der Waals surface area contributed by atoms with E-state index in [1.54, 1.807) is 0 Å². The predicted octanol–water partition coefficient (Wildman–Crippen LogP) is 2.78. The van der Waals surface area contributed by atoms with Crippen LogP contribution in [0.2, 0.25) is 0 Å². The first kappa shape index (κ1) is 12.0. The average molecular weight is 300 g/mol. The molecule has 86 valence electrons. The van der Waals surface area contributed by atoms with Crippen molar-refractivity contribution in [2.75, 3.05) is 13.2 Å². The van der Waals surface area contributed by atoms with Crippen molar-refractivity contribution >= 4 is 33.1 Å². The van der Waals surface area contributed by atoms with Crippen LogP contribution in [0, 0.1) is 0 Å². The Balaban J connectivity index is 2.38. The number of halogens is 1. The van der Waals surface area contributed by atoms with Crippen LogP contribution in [0.4, 0.5) is 0 Å². The minimum Gasteiger partial charge on any atom is -0.393 e. The zero-order valence-corrected chi connectivity index (χ0v) is 11.3. The molecule has 2 rings (SSSR count). The van der Waals surface area contributed by atoms with E-state index in [-0.39, 0.29) is 5.41 Å². The van der Waals surface area contributed by atoms with E-state index in [2.05, 4.69) is 28.1 Å². The van der Waals surface area contributed by atoms with Gasteiger partial charge in [-0.15, -0.1) is 0 Å². The van der Waals surface area contributed by atoms with Crippen molar-refractivity contribution in [1.29, 1.82) is 0 Å². The second kappa shape index (κ2) is 4.82. The van der Waals surface area contributed by atoms with Gasteiger partial charge in [-0.25, -0.2) is 0 Å². The Morgan fingerprint density at radius 2 is 1.81 bits per heavy atom. The molecule has 0 amide bonds. The third-order valence-corrected chi connectivity index (χ3v) is 4.13. The molecule has 1 aromatic carbocycles. The lowest BCUT2D eigenvalue weighted by Crippen LogP contribution is -2.44. The fraction of sp³-hybridized carbons (Fsp3) is 0.417. The van der Waals surface area contributed by atoms with Gasteiger partial charge in [-0.2, -0.15) is 0 Å². The van der Waals surface area contributed by atoms with Crippen molar-refractivity contribution < 1.29 is 4.74 Å². The van der Waals surface area contributed by atoms with E-state index in [0.717, 1.165) is 30.5 Å². The van der Waals surface area contributed by atoms with E-state index in [4.69, 9.17) is 22.7 Å². The van der Waals surface area contributed by atoms with Gasteiger partial charge in [-0.1, -0.05) is 40.3 Å². The fourth-order valence-corrected chi connectivity index (χ4v) is 2.75. The molecule has 1 fully saturated rings. The maximum atomic E-state index is 5.94. The highest BCUT2D eigenvalue weighted by Crippen LogP contribution is 2.35. The molecule has 1 aliphatic heterocycles. The summed E-state index contributed by atoms with van der Waals surface area (Å²) in [5.74, 6) is 0. The summed E-state index contributed by atoms with van der Waals surface area (Å²) in [5.41, 5.74) is 6.96. The molecule has 0 atom stereocenters. The van der Waals surface area contributed by atoms with Gasteiger partial charge in [0.1, 0.15) is 0 Å². The molecule has 0 bridgehead atoms. The van der Waals surface area contributed by atoms with Gasteiger partial charge >= 0.3 is 0 Å². The molecule has 16 heavy (non-hydrogen) atoms. The zero-order valence-electron chi connectivity index (χ0n) is 8.91. The third kappa shape index (κ3) is 2.14. The van der Waals surface area contributed by atoms with Crippen LogP contribution in [0.1, 0.15) is 18.4 Å². The standard InChI is InChI=1S/C12H14BrNOS/c13-10-3-1-9(2-4-10)12(11(14)16)5-7-15-8-6-12/h1-4H,5-8H2,(H2,14,16). The topological polar surface area (TPSA) is 35.2 Å². The van der Waals surface area contributed by atoms with E-state index in [0.29, 0.717) is 4.99 Å². The molecule has 0 saturated carbocycles. The Morgan fingerprint density at radius 1 is 1.25 bits per heavy atom. The second-order valence-electron chi connectivity index (χ2n) is 4.07. The highest BCUT2D eigenvalue weighted by molar-refractivity contribution is 9.10. The second-order valence-corrected chi connectivity index (χ2v) is 5.42. The molecule has 0 spiro atoms. The summed E-state index contributed by atoms with van der Waals surface area (Å²) in [5, 5.41) is 0. The minimum absolute atomic E-state index is 0.172. The van der Waals surface area contributed by atoms with Crippen LogP contribution in [-0.4, -0.2) is 18.2 Å². The van der Waals surface area contributed by atoms with Crippen molar-refractivity contribution in [3.63, 3.8) is 0 Å². The van der Waals surface area contributed by atoms with E-state index >= 15 is 0 Å². The van der Waals surface area contributed by atoms with Gasteiger partial charge in [0, 0.05) is 23.1 Å². The summed E-state index contributed by atoms with van der Waals surface area (Å²) in [6.45, 7) is 1.46. The smallest absolute Gasteiger partial charge is 0.0836 e. The highest BCUT2D eigenvalue weighted by Gasteiger charge is 2.37. The minimum atomic E-state index is -0.172. The number of benzene rings is 1. The Kier molecular flexibility index (Phi) is 3.62. The molecular formula is C12H14BrNOS. The van der Waals surface area contributed by atoms with Gasteiger partial charge in [0.2, 0.25) is 0 Å². The molecule has 2 nitrogen and oxygen atoms in total. The summed E-state index contributed by atoms with van der Waals surface area (Å²) < 4.78 is 6.47. The van der Waals surface area contributed by atoms with Crippen molar-refractivity contribution in [1.82, 2.24) is 0 Å². The van der Waals surface area contributed by atoms with Gasteiger partial charge in [0.15, 0.2) is 0 Å². The van der Waals surface area contributed by atoms with Crippen LogP contribution < -0.4 is 5.73 Å². The zero-order chi connectivity index (χ0) is 11.6. The number of thiocarbonyl (C=S) groups is 1. The number of ether oxygens (including phenoxy) is 1. The number of hydrogen-bond acceptors (Lipinski definition) is 2. The van der Waals surface area contributed by atoms with E-state index in [1.165, 1.54) is 5.56 Å². The van der Waals surface area contributed by atoms with Crippen molar-refractivity contribution in [2.45, 2.75) is 18.3 Å². The van der Waals surface area contributed by atoms with Crippen LogP contribution in [0.15, 0.2) is 28.7 Å². The molecule has 0 aliphatic carbocycles. The molecule has 1 aromatic rings. The van der Waals surface area contributed by atoms with E-state index < -0.39 is 0 Å². The quantitative estimate of drug-likeness (QED) is 0.853. The Morgan fingerprint density at radius 3 is 2.31 bits per heavy atom. The van der Waals surface area contributed by atoms with Crippen molar-refractivity contribution in [3.05, 3.63) is 34.3 Å². The van der Waals surface area contributed by atoms with Crippen molar-refractivity contribution in [2.24, 2.45) is 5.73 Å². The molecule has 0 aromatic heterocycles. The van der Waals surface area contributed by atoms with Gasteiger partial charge in [-0.3, -0.25) is 0 Å². The summed E-state index contributed by atoms with van der Waals surface area (Å²) in [6, 6.07) is 8.25. The molecule has 4 heteroatoms. The molecular weight excluding hydrogens is 286 g/mol. The maximum Gasteiger partial charge on any atom is 0.0836 e. The summed E-state index contributed by atoms with van der Waals surface area (Å²) in [7, 11) is 0. The summed E-state index contributed by atoms with van der Waals surface area (Å²) in [6.07, 6.45) is 1.76. The van der Waals surface area contributed by atoms with E-state index in [1.807, 2.05) is 12.1 Å². The lowest BCUT2D eigenvalue weighted by atomic mass is 9.74. The average Bonchev–Trinajstić information content (AvgIpc) is 2.30. The van der Waals surface area contributed by atoms with Gasteiger partial charge in [-0.05, 0) is 30.5 Å². The molecule has 2 N–H and O–H groups in total. The third-order valence-electron chi connectivity index (χ3n) is 3.21. The Bertz CT molecular complexity index is 385. The molecule has 0 radical (unpaired) electrons. The molecule has 1 saturated heterocycles. The molecule has 1 aliphatic rings. The van der Waals surface area contributed by atoms with Crippen molar-refractivity contribution in [3.8, 4) is 0 Å². The van der Waals surface area contributed by atoms with Crippen LogP contribution >= 0.6 is 28.1 Å². The van der Waals surface area contributed by atoms with E-state index in [9.17, 15) is 0 Å². The first-order chi connectivity index (χ1) is 7.65. The predicted molar refractivity (Wildman–Crippen MR) is 72.7 cm³/mol. The first-order valence-electron chi connectivity index (χ1n) is 5.29. The first-order valence-corrected chi connectivity index (χ1v) is 6.49. The summed E-state index contributed by atoms with van der Waals surface area (Å²) in [4.78, 5) is 0.582. The largest absolute Gasteiger partial charge is 0.393 e. The lowest BCUT2D eigenvalue weighted by molar-refractivity contribution is 0.0712. The fourth-order valence-electron chi connectivity index (χ4n) is 2.17. The van der Waals surface area contributed by atoms with Gasteiger partial charge in [0.05, 0.1) is 4.99 Å². The van der Waals surface area contributed by atoms with Crippen LogP contribution in [0.3, 0.4) is 0 Å². The van der Waals surface area contributed by atoms with Crippen LogP contribution in [0.5, 0.6) is 0 Å². The number of nitrogens with two attached hydrogens (primary N) is 1. The SMILES string of the molecule is NC(=S)C1(c2ccc(Br)cc2)CCOCC1. The molecule has 0 unspecified atom stereocenters. The van der Waals surface area contributed by atoms with Crippen LogP contribution in [0.25, 0.3) is 0 Å². The monoisotopic (exact) mass is 299 g/mol. The Labute approximate surface area is 109 Å². The summed E-state index contributed by atoms with van der Waals surface area (Å²) >= 11 is 8.69. The Hall–Kier alpha value is -0.450. The highest BCUT2D eigenvalue weighted by atomic mass is 79.9. The number of rotatable bonds is 2. The maximum absolute atomic E-state index is 5.94.